The molecule has 2 atom stereocenters. The molecule has 0 aromatic carbocycles. The smallest absolute Gasteiger partial charge is 0.303 e. The molecule has 0 heterocycles. The van der Waals surface area contributed by atoms with Crippen LogP contribution in [-0.4, -0.2) is 33.3 Å². The van der Waals surface area contributed by atoms with Crippen LogP contribution in [0.15, 0.2) is 36.5 Å². The number of hydrogen-bond acceptors (Lipinski definition) is 4. The van der Waals surface area contributed by atoms with E-state index in [4.69, 9.17) is 5.11 Å². The van der Waals surface area contributed by atoms with Crippen LogP contribution in [0.5, 0.6) is 0 Å². The minimum Gasteiger partial charge on any atom is -0.481 e. The van der Waals surface area contributed by atoms with E-state index >= 15 is 0 Å². The van der Waals surface area contributed by atoms with Gasteiger partial charge in [-0.3, -0.25) is 14.9 Å². The van der Waals surface area contributed by atoms with Gasteiger partial charge in [-0.05, 0) is 38.5 Å². The normalized spacial score (nSPS) is 14.4. The largest absolute Gasteiger partial charge is 0.481 e. The lowest BCUT2D eigenvalue weighted by Crippen LogP contribution is -2.32. The molecule has 0 saturated carbocycles. The second-order valence-electron chi connectivity index (χ2n) is 6.32. The fourth-order valence-corrected chi connectivity index (χ4v) is 2.40. The van der Waals surface area contributed by atoms with Crippen LogP contribution < -0.4 is 0 Å². The number of aliphatic carboxylic acids is 1. The van der Waals surface area contributed by atoms with E-state index in [9.17, 15) is 20.0 Å². The van der Waals surface area contributed by atoms with Crippen molar-refractivity contribution in [2.45, 2.75) is 83.3 Å². The van der Waals surface area contributed by atoms with Gasteiger partial charge in [-0.1, -0.05) is 56.2 Å². The van der Waals surface area contributed by atoms with E-state index < -0.39 is 23.0 Å². The summed E-state index contributed by atoms with van der Waals surface area (Å²) < 4.78 is 0. The summed E-state index contributed by atoms with van der Waals surface area (Å²) in [6.45, 7) is 2.17. The molecule has 0 saturated heterocycles. The maximum Gasteiger partial charge on any atom is 0.303 e. The monoisotopic (exact) mass is 367 g/mol. The Labute approximate surface area is 156 Å². The van der Waals surface area contributed by atoms with E-state index in [2.05, 4.69) is 19.1 Å². The Bertz CT molecular complexity index is 471. The van der Waals surface area contributed by atoms with Gasteiger partial charge in [-0.25, -0.2) is 0 Å². The molecule has 6 heteroatoms. The summed E-state index contributed by atoms with van der Waals surface area (Å²) in [6.07, 6.45) is 17.3. The van der Waals surface area contributed by atoms with Crippen molar-refractivity contribution in [1.29, 1.82) is 0 Å². The van der Waals surface area contributed by atoms with Crippen LogP contribution >= 0.6 is 0 Å². The number of nitrogens with zero attached hydrogens (tertiary/aromatic N) is 1. The third-order valence-electron chi connectivity index (χ3n) is 3.98. The number of rotatable bonds is 16. The van der Waals surface area contributed by atoms with Gasteiger partial charge in [0.25, 0.3) is 0 Å². The number of aliphatic hydroxyl groups is 1. The zero-order valence-corrected chi connectivity index (χ0v) is 15.8. The van der Waals surface area contributed by atoms with E-state index in [1.165, 1.54) is 19.3 Å². The summed E-state index contributed by atoms with van der Waals surface area (Å²) in [5.41, 5.74) is 0. The molecular weight excluding hydrogens is 334 g/mol. The van der Waals surface area contributed by atoms with Gasteiger partial charge >= 0.3 is 5.97 Å². The van der Waals surface area contributed by atoms with Gasteiger partial charge in [0.1, 0.15) is 6.10 Å². The third kappa shape index (κ3) is 14.4. The molecule has 0 radical (unpaired) electrons. The summed E-state index contributed by atoms with van der Waals surface area (Å²) in [4.78, 5) is 21.0. The van der Waals surface area contributed by atoms with Crippen molar-refractivity contribution in [1.82, 2.24) is 0 Å². The van der Waals surface area contributed by atoms with Crippen LogP contribution in [0, 0.1) is 10.1 Å². The van der Waals surface area contributed by atoms with Gasteiger partial charge in [0.15, 0.2) is 0 Å². The first-order chi connectivity index (χ1) is 12.5. The highest BCUT2D eigenvalue weighted by atomic mass is 16.6. The van der Waals surface area contributed by atoms with Crippen molar-refractivity contribution >= 4 is 5.97 Å². The first-order valence-electron chi connectivity index (χ1n) is 9.47. The Morgan fingerprint density at radius 1 is 1.00 bits per heavy atom. The quantitative estimate of drug-likeness (QED) is 0.179. The number of unbranched alkanes of at least 4 members (excludes halogenated alkanes) is 4. The molecule has 148 valence electrons. The van der Waals surface area contributed by atoms with Crippen LogP contribution in [0.25, 0.3) is 0 Å². The van der Waals surface area contributed by atoms with Gasteiger partial charge in [0.05, 0.1) is 0 Å². The molecule has 0 amide bonds. The molecule has 0 rings (SSSR count). The first kappa shape index (κ1) is 24.1. The van der Waals surface area contributed by atoms with Crippen molar-refractivity contribution in [2.24, 2.45) is 0 Å². The maximum absolute atomic E-state index is 11.1. The summed E-state index contributed by atoms with van der Waals surface area (Å²) in [6, 6.07) is -1.04. The molecule has 0 spiro atoms. The van der Waals surface area contributed by atoms with Crippen molar-refractivity contribution in [3.8, 4) is 0 Å². The topological polar surface area (TPSA) is 101 Å². The predicted molar refractivity (Wildman–Crippen MR) is 104 cm³/mol. The molecule has 0 fully saturated rings. The zero-order chi connectivity index (χ0) is 19.6. The van der Waals surface area contributed by atoms with Crippen molar-refractivity contribution in [3.05, 3.63) is 46.6 Å². The molecule has 0 aromatic rings. The zero-order valence-electron chi connectivity index (χ0n) is 15.8. The van der Waals surface area contributed by atoms with Gasteiger partial charge in [-0.15, -0.1) is 0 Å². The lowest BCUT2D eigenvalue weighted by atomic mass is 10.0. The third-order valence-corrected chi connectivity index (χ3v) is 3.98. The van der Waals surface area contributed by atoms with Crippen molar-refractivity contribution < 1.29 is 19.9 Å². The van der Waals surface area contributed by atoms with Crippen LogP contribution in [0.4, 0.5) is 0 Å². The van der Waals surface area contributed by atoms with Crippen LogP contribution in [0.2, 0.25) is 0 Å². The van der Waals surface area contributed by atoms with Gasteiger partial charge in [-0.2, -0.15) is 0 Å². The molecule has 2 unspecified atom stereocenters. The van der Waals surface area contributed by atoms with Gasteiger partial charge in [0.2, 0.25) is 6.04 Å². The molecule has 0 aromatic heterocycles. The minimum atomic E-state index is -1.04. The number of nitro groups is 1. The Hall–Kier alpha value is -1.95. The number of carboxylic acid groups (broad SMARTS) is 1. The van der Waals surface area contributed by atoms with Crippen LogP contribution in [0.3, 0.4) is 0 Å². The lowest BCUT2D eigenvalue weighted by Gasteiger charge is -2.12. The number of aliphatic hydroxyl groups excluding tert-OH is 1. The van der Waals surface area contributed by atoms with Gasteiger partial charge < -0.3 is 10.2 Å². The number of allylic oxidation sites excluding steroid dienone is 4. The Kier molecular flexibility index (Phi) is 15.3. The van der Waals surface area contributed by atoms with Crippen molar-refractivity contribution in [2.75, 3.05) is 0 Å². The molecule has 0 aliphatic carbocycles. The Morgan fingerprint density at radius 3 is 2.27 bits per heavy atom. The van der Waals surface area contributed by atoms with Crippen LogP contribution in [0.1, 0.15) is 71.1 Å². The second-order valence-corrected chi connectivity index (χ2v) is 6.32. The highest BCUT2D eigenvalue weighted by molar-refractivity contribution is 5.66. The van der Waals surface area contributed by atoms with Gasteiger partial charge in [0, 0.05) is 17.8 Å². The average molecular weight is 367 g/mol. The summed E-state index contributed by atoms with van der Waals surface area (Å²) in [7, 11) is 0. The number of hydrogen-bond donors (Lipinski definition) is 2. The van der Waals surface area contributed by atoms with Crippen molar-refractivity contribution in [3.63, 3.8) is 0 Å². The molecule has 0 aliphatic heterocycles. The second kappa shape index (κ2) is 16.5. The number of carboxylic acids is 1. The Morgan fingerprint density at radius 2 is 1.62 bits per heavy atom. The summed E-state index contributed by atoms with van der Waals surface area (Å²) in [5.74, 6) is -0.848. The Balaban J connectivity index is 4.09. The molecule has 26 heavy (non-hydrogen) atoms. The molecule has 2 N–H and O–H groups in total. The van der Waals surface area contributed by atoms with E-state index in [-0.39, 0.29) is 19.3 Å². The van der Waals surface area contributed by atoms with E-state index in [0.717, 1.165) is 12.8 Å². The summed E-state index contributed by atoms with van der Waals surface area (Å²) >= 11 is 0. The molecule has 6 nitrogen and oxygen atoms in total. The summed E-state index contributed by atoms with van der Waals surface area (Å²) in [5, 5.41) is 29.7. The highest BCUT2D eigenvalue weighted by Gasteiger charge is 2.27. The van der Waals surface area contributed by atoms with E-state index in [1.807, 2.05) is 6.08 Å². The maximum atomic E-state index is 11.1. The number of carbonyl (C=O) groups is 1. The fraction of sp³-hybridized carbons (Fsp3) is 0.650. The average Bonchev–Trinajstić information content (AvgIpc) is 2.58. The predicted octanol–water partition coefficient (Wildman–Crippen LogP) is 4.67. The first-order valence-corrected chi connectivity index (χ1v) is 9.47. The molecular formula is C20H33NO5. The fourth-order valence-electron chi connectivity index (χ4n) is 2.40. The highest BCUT2D eigenvalue weighted by Crippen LogP contribution is 2.10. The van der Waals surface area contributed by atoms with E-state index in [0.29, 0.717) is 12.8 Å². The SMILES string of the molecule is CCCCC/C=C\C/C=C\CC(O)C(C/C=C\CCCC(=O)O)[N+](=O)[O-]. The lowest BCUT2D eigenvalue weighted by molar-refractivity contribution is -0.533. The standard InChI is InChI=1S/C20H33NO5/c1-2-3-4-5-6-7-8-9-13-16-19(22)18(21(25)26)15-12-10-11-14-17-20(23)24/h6-7,9-10,12-13,18-19,22H,2-5,8,11,14-17H2,1H3,(H,23,24)/b7-6-,12-10-,13-9-. The molecule has 0 bridgehead atoms. The van der Waals surface area contributed by atoms with Crippen LogP contribution in [-0.2, 0) is 4.79 Å². The minimum absolute atomic E-state index is 0.0868. The molecule has 0 aliphatic rings. The van der Waals surface area contributed by atoms with E-state index in [1.54, 1.807) is 18.2 Å².